The number of halogens is 2. The van der Waals surface area contributed by atoms with Crippen molar-refractivity contribution in [3.63, 3.8) is 0 Å². The van der Waals surface area contributed by atoms with E-state index in [1.165, 1.54) is 36.6 Å². The van der Waals surface area contributed by atoms with E-state index in [4.69, 9.17) is 14.2 Å². The Kier molecular flexibility index (Phi) is 12.6. The zero-order valence-electron chi connectivity index (χ0n) is 25.6. The predicted molar refractivity (Wildman–Crippen MR) is 188 cm³/mol. The Bertz CT molecular complexity index is 1910. The minimum absolute atomic E-state index is 0.112. The number of rotatable bonds is 13. The van der Waals surface area contributed by atoms with Gasteiger partial charge in [0.05, 0.1) is 28.8 Å². The van der Waals surface area contributed by atoms with Gasteiger partial charge in [-0.3, -0.25) is 19.7 Å². The molecule has 0 heterocycles. The van der Waals surface area contributed by atoms with Gasteiger partial charge >= 0.3 is 5.97 Å². The molecule has 2 N–H and O–H groups in total. The molecule has 48 heavy (non-hydrogen) atoms. The van der Waals surface area contributed by atoms with Gasteiger partial charge in [0.1, 0.15) is 0 Å². The molecule has 0 bridgehead atoms. The number of hydrogen-bond donors (Lipinski definition) is 2. The number of nitrogens with zero attached hydrogens (tertiary/aromatic N) is 2. The van der Waals surface area contributed by atoms with Gasteiger partial charge in [0.2, 0.25) is 0 Å². The number of nitrogens with one attached hydrogen (secondary N) is 2. The number of benzene rings is 4. The van der Waals surface area contributed by atoms with Gasteiger partial charge in [0.25, 0.3) is 17.5 Å². The topological polar surface area (TPSA) is 158 Å². The third-order valence-electron chi connectivity index (χ3n) is 6.29. The first-order valence-corrected chi connectivity index (χ1v) is 15.9. The number of hydrogen-bond acceptors (Lipinski definition) is 9. The van der Waals surface area contributed by atoms with Crippen molar-refractivity contribution in [1.82, 2.24) is 5.43 Å². The van der Waals surface area contributed by atoms with Crippen LogP contribution in [0.3, 0.4) is 0 Å². The molecule has 0 fully saturated rings. The number of amides is 2. The molecule has 0 aliphatic heterocycles. The van der Waals surface area contributed by atoms with Gasteiger partial charge in [-0.15, -0.1) is 0 Å². The Labute approximate surface area is 292 Å². The number of ether oxygens (including phenoxy) is 3. The first kappa shape index (κ1) is 35.5. The number of carbonyl (C=O) groups is 3. The van der Waals surface area contributed by atoms with Gasteiger partial charge in [-0.1, -0.05) is 34.1 Å². The van der Waals surface area contributed by atoms with Crippen LogP contribution in [0.25, 0.3) is 6.08 Å². The Hall–Kier alpha value is -5.34. The number of hydrazone groups is 1. The first-order chi connectivity index (χ1) is 23.1. The molecule has 0 unspecified atom stereocenters. The zero-order chi connectivity index (χ0) is 34.6. The lowest BCUT2D eigenvalue weighted by molar-refractivity contribution is -0.384. The summed E-state index contributed by atoms with van der Waals surface area (Å²) in [5.74, 6) is -0.611. The largest absolute Gasteiger partial charge is 0.490 e. The van der Waals surface area contributed by atoms with E-state index in [9.17, 15) is 24.5 Å². The van der Waals surface area contributed by atoms with Crippen molar-refractivity contribution in [3.8, 4) is 17.2 Å². The SMILES string of the molecule is CCOc1ccc(C(=O)Nc2cccc(C(=O)NN=Cc3cc(Br)cc(Br)c3OC(=O)/C=C/c3cccc([N+](=O)[O-])c3)c2)cc1OCC. The molecule has 0 saturated heterocycles. The van der Waals surface area contributed by atoms with E-state index in [1.807, 2.05) is 13.8 Å². The zero-order valence-corrected chi connectivity index (χ0v) is 28.7. The fourth-order valence-corrected chi connectivity index (χ4v) is 5.52. The lowest BCUT2D eigenvalue weighted by Gasteiger charge is -2.13. The minimum atomic E-state index is -0.749. The van der Waals surface area contributed by atoms with E-state index in [-0.39, 0.29) is 17.0 Å². The summed E-state index contributed by atoms with van der Waals surface area (Å²) in [6.07, 6.45) is 3.83. The summed E-state index contributed by atoms with van der Waals surface area (Å²) < 4.78 is 17.7. The van der Waals surface area contributed by atoms with Crippen LogP contribution in [0.15, 0.2) is 99.0 Å². The summed E-state index contributed by atoms with van der Waals surface area (Å²) >= 11 is 6.75. The quantitative estimate of drug-likeness (QED) is 0.0352. The first-order valence-electron chi connectivity index (χ1n) is 14.4. The monoisotopic (exact) mass is 778 g/mol. The van der Waals surface area contributed by atoms with Crippen LogP contribution < -0.4 is 25.0 Å². The highest BCUT2D eigenvalue weighted by Gasteiger charge is 2.15. The van der Waals surface area contributed by atoms with Crippen molar-refractivity contribution in [2.45, 2.75) is 13.8 Å². The summed E-state index contributed by atoms with van der Waals surface area (Å²) in [7, 11) is 0. The molecular weight excluding hydrogens is 752 g/mol. The highest BCUT2D eigenvalue weighted by Crippen LogP contribution is 2.32. The van der Waals surface area contributed by atoms with Gasteiger partial charge in [0.15, 0.2) is 17.2 Å². The van der Waals surface area contributed by atoms with E-state index < -0.39 is 22.7 Å². The van der Waals surface area contributed by atoms with Crippen molar-refractivity contribution in [2.24, 2.45) is 5.10 Å². The highest BCUT2D eigenvalue weighted by molar-refractivity contribution is 9.11. The van der Waals surface area contributed by atoms with E-state index >= 15 is 0 Å². The minimum Gasteiger partial charge on any atom is -0.490 e. The molecule has 0 aromatic heterocycles. The standard InChI is InChI=1S/C34H28Br2N4O8/c1-3-46-29-13-12-23(18-30(29)47-4-2)33(42)38-26-9-6-8-22(17-26)34(43)39-37-20-24-16-25(35)19-28(36)32(24)48-31(41)14-11-21-7-5-10-27(15-21)40(44)45/h5-20H,3-4H2,1-2H3,(H,38,42)(H,39,43)/b14-11+,37-20?. The highest BCUT2D eigenvalue weighted by atomic mass is 79.9. The fraction of sp³-hybridized carbons (Fsp3) is 0.118. The van der Waals surface area contributed by atoms with Gasteiger partial charge in [-0.05, 0) is 89.9 Å². The van der Waals surface area contributed by atoms with Crippen LogP contribution in [0.1, 0.15) is 45.7 Å². The number of carbonyl (C=O) groups excluding carboxylic acids is 3. The van der Waals surface area contributed by atoms with Crippen molar-refractivity contribution in [2.75, 3.05) is 18.5 Å². The van der Waals surface area contributed by atoms with Crippen LogP contribution in [-0.4, -0.2) is 42.1 Å². The third kappa shape index (κ3) is 9.83. The molecule has 246 valence electrons. The number of anilines is 1. The van der Waals surface area contributed by atoms with E-state index in [1.54, 1.807) is 54.6 Å². The summed E-state index contributed by atoms with van der Waals surface area (Å²) in [6, 6.07) is 20.3. The van der Waals surface area contributed by atoms with Crippen LogP contribution in [0.4, 0.5) is 11.4 Å². The Morgan fingerprint density at radius 3 is 2.35 bits per heavy atom. The average Bonchev–Trinajstić information content (AvgIpc) is 3.06. The molecule has 0 aliphatic carbocycles. The second-order valence-corrected chi connectivity index (χ2v) is 11.4. The molecule has 0 spiro atoms. The van der Waals surface area contributed by atoms with Crippen molar-refractivity contribution >= 4 is 73.3 Å². The number of nitro groups is 1. The second kappa shape index (κ2) is 17.0. The van der Waals surface area contributed by atoms with Crippen LogP contribution in [0.2, 0.25) is 0 Å². The number of esters is 1. The molecule has 0 aliphatic rings. The predicted octanol–water partition coefficient (Wildman–Crippen LogP) is 7.55. The lowest BCUT2D eigenvalue weighted by atomic mass is 10.1. The molecule has 4 aromatic carbocycles. The van der Waals surface area contributed by atoms with Gasteiger partial charge in [-0.25, -0.2) is 10.2 Å². The molecular formula is C34H28Br2N4O8. The van der Waals surface area contributed by atoms with Crippen LogP contribution in [0.5, 0.6) is 17.2 Å². The summed E-state index contributed by atoms with van der Waals surface area (Å²) in [5.41, 5.74) is 4.05. The molecule has 0 saturated carbocycles. The molecule has 2 amide bonds. The normalized spacial score (nSPS) is 10.9. The number of non-ortho nitro benzene ring substituents is 1. The van der Waals surface area contributed by atoms with Crippen LogP contribution in [-0.2, 0) is 4.79 Å². The fourth-order valence-electron chi connectivity index (χ4n) is 4.18. The Balaban J connectivity index is 1.43. The van der Waals surface area contributed by atoms with Crippen molar-refractivity contribution in [1.29, 1.82) is 0 Å². The summed E-state index contributed by atoms with van der Waals surface area (Å²) in [6.45, 7) is 4.54. The van der Waals surface area contributed by atoms with Gasteiger partial charge in [0, 0.05) is 45.1 Å². The molecule has 0 radical (unpaired) electrons. The Morgan fingerprint density at radius 2 is 1.60 bits per heavy atom. The number of nitro benzene ring substituents is 1. The summed E-state index contributed by atoms with van der Waals surface area (Å²) in [4.78, 5) is 49.0. The van der Waals surface area contributed by atoms with Gasteiger partial charge < -0.3 is 19.5 Å². The van der Waals surface area contributed by atoms with Crippen LogP contribution in [0, 0.1) is 10.1 Å². The Morgan fingerprint density at radius 1 is 0.875 bits per heavy atom. The molecule has 14 heteroatoms. The van der Waals surface area contributed by atoms with E-state index in [0.717, 1.165) is 6.08 Å². The summed E-state index contributed by atoms with van der Waals surface area (Å²) in [5, 5.41) is 17.8. The molecule has 4 rings (SSSR count). The third-order valence-corrected chi connectivity index (χ3v) is 7.34. The van der Waals surface area contributed by atoms with Crippen molar-refractivity contribution in [3.05, 3.63) is 126 Å². The van der Waals surface area contributed by atoms with Crippen LogP contribution >= 0.6 is 31.9 Å². The maximum absolute atomic E-state index is 13.0. The molecule has 4 aromatic rings. The second-order valence-electron chi connectivity index (χ2n) is 9.67. The van der Waals surface area contributed by atoms with E-state index in [0.29, 0.717) is 56.0 Å². The average molecular weight is 780 g/mol. The lowest BCUT2D eigenvalue weighted by Crippen LogP contribution is -2.18. The molecule has 0 atom stereocenters. The maximum Gasteiger partial charge on any atom is 0.336 e. The van der Waals surface area contributed by atoms with Crippen molar-refractivity contribution < 1.29 is 33.5 Å². The van der Waals surface area contributed by atoms with E-state index in [2.05, 4.69) is 47.7 Å². The molecule has 12 nitrogen and oxygen atoms in total. The van der Waals surface area contributed by atoms with Gasteiger partial charge in [-0.2, -0.15) is 5.10 Å². The maximum atomic E-state index is 13.0. The smallest absolute Gasteiger partial charge is 0.336 e.